The number of carbonyl (C=O) groups is 1. The summed E-state index contributed by atoms with van der Waals surface area (Å²) in [4.78, 5) is 17.9. The Morgan fingerprint density at radius 2 is 2.21 bits per heavy atom. The number of pyridine rings is 1. The molecule has 0 fully saturated rings. The van der Waals surface area contributed by atoms with E-state index in [4.69, 9.17) is 5.11 Å². The number of anilines is 1. The predicted molar refractivity (Wildman–Crippen MR) is 77.0 cm³/mol. The fraction of sp³-hybridized carbons (Fsp3) is 0.286. The Labute approximate surface area is 116 Å². The fourth-order valence-electron chi connectivity index (χ4n) is 1.74. The first-order valence-electron chi connectivity index (χ1n) is 6.12. The zero-order valence-corrected chi connectivity index (χ0v) is 11.8. The van der Waals surface area contributed by atoms with Crippen molar-refractivity contribution in [2.45, 2.75) is 26.8 Å². The predicted octanol–water partition coefficient (Wildman–Crippen LogP) is 3.32. The van der Waals surface area contributed by atoms with Crippen LogP contribution in [0.3, 0.4) is 0 Å². The number of nitrogens with zero attached hydrogens (tertiary/aromatic N) is 1. The first kappa shape index (κ1) is 13.5. The van der Waals surface area contributed by atoms with Crippen LogP contribution in [0.4, 0.5) is 5.82 Å². The van der Waals surface area contributed by atoms with E-state index in [0.29, 0.717) is 18.8 Å². The normalized spacial score (nSPS) is 10.4. The molecule has 2 N–H and O–H groups in total. The molecule has 2 rings (SSSR count). The van der Waals surface area contributed by atoms with E-state index in [9.17, 15) is 4.79 Å². The Hall–Kier alpha value is -1.88. The third-order valence-corrected chi connectivity index (χ3v) is 3.73. The molecule has 0 spiro atoms. The lowest BCUT2D eigenvalue weighted by molar-refractivity contribution is 0.0696. The fourth-order valence-corrected chi connectivity index (χ4v) is 2.57. The van der Waals surface area contributed by atoms with Gasteiger partial charge in [-0.3, -0.25) is 0 Å². The average Bonchev–Trinajstić information content (AvgIpc) is 2.81. The molecule has 0 aliphatic rings. The van der Waals surface area contributed by atoms with Gasteiger partial charge in [-0.25, -0.2) is 9.78 Å². The largest absolute Gasteiger partial charge is 0.478 e. The highest BCUT2D eigenvalue weighted by Crippen LogP contribution is 2.17. The van der Waals surface area contributed by atoms with Crippen LogP contribution in [0.5, 0.6) is 0 Å². The number of aromatic nitrogens is 1. The van der Waals surface area contributed by atoms with Crippen molar-refractivity contribution in [2.75, 3.05) is 5.32 Å². The summed E-state index contributed by atoms with van der Waals surface area (Å²) < 4.78 is 0. The summed E-state index contributed by atoms with van der Waals surface area (Å²) in [5.74, 6) is -0.310. The van der Waals surface area contributed by atoms with Crippen molar-refractivity contribution >= 4 is 23.1 Å². The summed E-state index contributed by atoms with van der Waals surface area (Å²) in [6, 6.07) is 7.32. The lowest BCUT2D eigenvalue weighted by Crippen LogP contribution is -2.05. The van der Waals surface area contributed by atoms with Crippen molar-refractivity contribution in [1.82, 2.24) is 4.98 Å². The van der Waals surface area contributed by atoms with Gasteiger partial charge in [0.15, 0.2) is 0 Å². The minimum absolute atomic E-state index is 0.275. The SMILES string of the molecule is CCc1cc(C(=O)O)cc(NCc2ccc(C)s2)n1. The van der Waals surface area contributed by atoms with Crippen molar-refractivity contribution in [2.24, 2.45) is 0 Å². The third-order valence-electron chi connectivity index (χ3n) is 2.73. The number of carboxylic acid groups (broad SMARTS) is 1. The van der Waals surface area contributed by atoms with Gasteiger partial charge >= 0.3 is 5.97 Å². The topological polar surface area (TPSA) is 62.2 Å². The lowest BCUT2D eigenvalue weighted by Gasteiger charge is -2.07. The monoisotopic (exact) mass is 276 g/mol. The standard InChI is InChI=1S/C14H16N2O2S/c1-3-11-6-10(14(17)18)7-13(16-11)15-8-12-5-4-9(2)19-12/h4-7H,3,8H2,1-2H3,(H,15,16)(H,17,18). The van der Waals surface area contributed by atoms with Crippen LogP contribution in [0.2, 0.25) is 0 Å². The molecule has 0 amide bonds. The molecule has 100 valence electrons. The van der Waals surface area contributed by atoms with Crippen LogP contribution < -0.4 is 5.32 Å². The van der Waals surface area contributed by atoms with E-state index >= 15 is 0 Å². The molecule has 2 aromatic heterocycles. The van der Waals surface area contributed by atoms with Gasteiger partial charge < -0.3 is 10.4 Å². The third kappa shape index (κ3) is 3.54. The number of rotatable bonds is 5. The second kappa shape index (κ2) is 5.84. The maximum absolute atomic E-state index is 11.0. The number of hydrogen-bond acceptors (Lipinski definition) is 4. The quantitative estimate of drug-likeness (QED) is 0.879. The molecule has 19 heavy (non-hydrogen) atoms. The first-order valence-corrected chi connectivity index (χ1v) is 6.93. The summed E-state index contributed by atoms with van der Waals surface area (Å²) in [7, 11) is 0. The maximum Gasteiger partial charge on any atom is 0.335 e. The van der Waals surface area contributed by atoms with E-state index < -0.39 is 5.97 Å². The molecule has 0 aromatic carbocycles. The average molecular weight is 276 g/mol. The second-order valence-corrected chi connectivity index (χ2v) is 5.63. The Bertz CT molecular complexity index is 593. The van der Waals surface area contributed by atoms with Crippen molar-refractivity contribution < 1.29 is 9.90 Å². The van der Waals surface area contributed by atoms with Crippen LogP contribution in [-0.4, -0.2) is 16.1 Å². The van der Waals surface area contributed by atoms with Gasteiger partial charge in [-0.2, -0.15) is 0 Å². The van der Waals surface area contributed by atoms with E-state index in [2.05, 4.69) is 29.4 Å². The molecular weight excluding hydrogens is 260 g/mol. The summed E-state index contributed by atoms with van der Waals surface area (Å²) in [6.07, 6.45) is 0.716. The van der Waals surface area contributed by atoms with Crippen molar-refractivity contribution in [3.05, 3.63) is 45.3 Å². The number of hydrogen-bond donors (Lipinski definition) is 2. The molecule has 2 heterocycles. The molecule has 5 heteroatoms. The van der Waals surface area contributed by atoms with Gasteiger partial charge in [0.2, 0.25) is 0 Å². The highest BCUT2D eigenvalue weighted by Gasteiger charge is 2.08. The number of aryl methyl sites for hydroxylation is 2. The molecule has 2 aromatic rings. The number of thiophene rings is 1. The first-order chi connectivity index (χ1) is 9.08. The van der Waals surface area contributed by atoms with Crippen molar-refractivity contribution in [3.8, 4) is 0 Å². The number of nitrogens with one attached hydrogen (secondary N) is 1. The van der Waals surface area contributed by atoms with Gasteiger partial charge in [-0.1, -0.05) is 6.92 Å². The van der Waals surface area contributed by atoms with Crippen LogP contribution >= 0.6 is 11.3 Å². The Kier molecular flexibility index (Phi) is 4.16. The maximum atomic E-state index is 11.0. The summed E-state index contributed by atoms with van der Waals surface area (Å²) >= 11 is 1.72. The van der Waals surface area contributed by atoms with Crippen LogP contribution in [0, 0.1) is 6.92 Å². The van der Waals surface area contributed by atoms with Gasteiger partial charge in [0.1, 0.15) is 5.82 Å². The minimum atomic E-state index is -0.924. The molecule has 0 aliphatic heterocycles. The van der Waals surface area contributed by atoms with Gasteiger partial charge in [0.25, 0.3) is 0 Å². The molecule has 0 bridgehead atoms. The van der Waals surface area contributed by atoms with Gasteiger partial charge in [-0.05, 0) is 37.6 Å². The van der Waals surface area contributed by atoms with Crippen molar-refractivity contribution in [3.63, 3.8) is 0 Å². The molecule has 0 atom stereocenters. The smallest absolute Gasteiger partial charge is 0.335 e. The molecule has 4 nitrogen and oxygen atoms in total. The van der Waals surface area contributed by atoms with Crippen LogP contribution in [0.1, 0.15) is 32.7 Å². The highest BCUT2D eigenvalue weighted by atomic mass is 32.1. The van der Waals surface area contributed by atoms with Crippen LogP contribution in [0.15, 0.2) is 24.3 Å². The van der Waals surface area contributed by atoms with E-state index in [1.54, 1.807) is 23.5 Å². The minimum Gasteiger partial charge on any atom is -0.478 e. The zero-order valence-electron chi connectivity index (χ0n) is 10.9. The van der Waals surface area contributed by atoms with Gasteiger partial charge in [-0.15, -0.1) is 11.3 Å². The summed E-state index contributed by atoms with van der Waals surface area (Å²) in [5, 5.41) is 12.2. The van der Waals surface area contributed by atoms with Gasteiger partial charge in [0, 0.05) is 15.4 Å². The molecular formula is C14H16N2O2S. The van der Waals surface area contributed by atoms with Crippen LogP contribution in [-0.2, 0) is 13.0 Å². The Morgan fingerprint density at radius 1 is 1.42 bits per heavy atom. The molecule has 0 unspecified atom stereocenters. The molecule has 0 saturated heterocycles. The Balaban J connectivity index is 2.15. The zero-order chi connectivity index (χ0) is 13.8. The molecule has 0 radical (unpaired) electrons. The van der Waals surface area contributed by atoms with E-state index in [1.807, 2.05) is 6.92 Å². The van der Waals surface area contributed by atoms with E-state index in [-0.39, 0.29) is 5.56 Å². The molecule has 0 aliphatic carbocycles. The molecule has 0 saturated carbocycles. The lowest BCUT2D eigenvalue weighted by atomic mass is 10.2. The van der Waals surface area contributed by atoms with Crippen LogP contribution in [0.25, 0.3) is 0 Å². The second-order valence-electron chi connectivity index (χ2n) is 4.26. The van der Waals surface area contributed by atoms with Crippen molar-refractivity contribution in [1.29, 1.82) is 0 Å². The van der Waals surface area contributed by atoms with E-state index in [1.165, 1.54) is 9.75 Å². The van der Waals surface area contributed by atoms with E-state index in [0.717, 1.165) is 5.69 Å². The summed E-state index contributed by atoms with van der Waals surface area (Å²) in [6.45, 7) is 4.69. The number of aromatic carboxylic acids is 1. The highest BCUT2D eigenvalue weighted by molar-refractivity contribution is 7.11. The Morgan fingerprint density at radius 3 is 2.79 bits per heavy atom. The number of carboxylic acids is 1. The summed E-state index contributed by atoms with van der Waals surface area (Å²) in [5.41, 5.74) is 1.06. The van der Waals surface area contributed by atoms with Gasteiger partial charge in [0.05, 0.1) is 12.1 Å².